The second-order valence-corrected chi connectivity index (χ2v) is 2.72. The van der Waals surface area contributed by atoms with Crippen molar-refractivity contribution in [3.05, 3.63) is 35.6 Å². The van der Waals surface area contributed by atoms with E-state index in [-0.39, 0.29) is 22.4 Å². The average molecular weight is 186 g/mol. The van der Waals surface area contributed by atoms with Crippen molar-refractivity contribution in [2.75, 3.05) is 0 Å². The third kappa shape index (κ3) is 1.02. The van der Waals surface area contributed by atoms with Crippen molar-refractivity contribution in [3.63, 3.8) is 0 Å². The zero-order valence-corrected chi connectivity index (χ0v) is 7.10. The summed E-state index contributed by atoms with van der Waals surface area (Å²) in [6.07, 6.45) is 2.85. The first-order chi connectivity index (χ1) is 6.74. The highest BCUT2D eigenvalue weighted by atomic mass is 16.3. The van der Waals surface area contributed by atoms with Crippen LogP contribution in [0.15, 0.2) is 24.5 Å². The first-order valence-electron chi connectivity index (χ1n) is 3.88. The van der Waals surface area contributed by atoms with Gasteiger partial charge in [0.05, 0.1) is 6.20 Å². The summed E-state index contributed by atoms with van der Waals surface area (Å²) >= 11 is 0. The predicted octanol–water partition coefficient (Wildman–Crippen LogP) is 0.391. The summed E-state index contributed by atoms with van der Waals surface area (Å²) in [6, 6.07) is 4.92. The van der Waals surface area contributed by atoms with E-state index in [0.29, 0.717) is 0 Å². The average Bonchev–Trinajstić information content (AvgIpc) is 2.20. The lowest BCUT2D eigenvalue weighted by atomic mass is 10.3. The molecule has 0 aliphatic rings. The Morgan fingerprint density at radius 1 is 1.57 bits per heavy atom. The standard InChI is InChI=1S/C9H6N4O/c10-4-6-5-12-9-7(14)2-1-3-13(9)8(6)11/h1-3,5,11,14H. The molecule has 0 radical (unpaired) electrons. The highest BCUT2D eigenvalue weighted by molar-refractivity contribution is 5.52. The molecule has 0 atom stereocenters. The molecule has 2 heterocycles. The van der Waals surface area contributed by atoms with Crippen LogP contribution in [0.25, 0.3) is 5.65 Å². The number of hydrogen-bond donors (Lipinski definition) is 2. The van der Waals surface area contributed by atoms with Crippen LogP contribution >= 0.6 is 0 Å². The molecule has 0 aliphatic heterocycles. The maximum absolute atomic E-state index is 9.41. The van der Waals surface area contributed by atoms with Gasteiger partial charge >= 0.3 is 0 Å². The minimum Gasteiger partial charge on any atom is -0.504 e. The van der Waals surface area contributed by atoms with Gasteiger partial charge < -0.3 is 5.11 Å². The maximum atomic E-state index is 9.41. The summed E-state index contributed by atoms with van der Waals surface area (Å²) in [4.78, 5) is 3.88. The quantitative estimate of drug-likeness (QED) is 0.624. The lowest BCUT2D eigenvalue weighted by Crippen LogP contribution is -2.17. The van der Waals surface area contributed by atoms with E-state index in [1.165, 1.54) is 16.7 Å². The molecule has 14 heavy (non-hydrogen) atoms. The second kappa shape index (κ2) is 2.85. The fraction of sp³-hybridized carbons (Fsp3) is 0. The smallest absolute Gasteiger partial charge is 0.181 e. The third-order valence-corrected chi connectivity index (χ3v) is 1.88. The van der Waals surface area contributed by atoms with E-state index in [1.807, 2.05) is 6.07 Å². The summed E-state index contributed by atoms with van der Waals surface area (Å²) in [5, 5.41) is 25.7. The number of fused-ring (bicyclic) bond motifs is 1. The third-order valence-electron chi connectivity index (χ3n) is 1.88. The Kier molecular flexibility index (Phi) is 1.68. The molecule has 5 heteroatoms. The fourth-order valence-corrected chi connectivity index (χ4v) is 1.20. The number of aromatic hydroxyl groups is 1. The van der Waals surface area contributed by atoms with Crippen molar-refractivity contribution < 1.29 is 5.11 Å². The van der Waals surface area contributed by atoms with Gasteiger partial charge in [-0.25, -0.2) is 4.98 Å². The molecule has 0 unspecified atom stereocenters. The van der Waals surface area contributed by atoms with Gasteiger partial charge in [-0.2, -0.15) is 5.26 Å². The molecule has 0 aromatic carbocycles. The largest absolute Gasteiger partial charge is 0.504 e. The van der Waals surface area contributed by atoms with Crippen molar-refractivity contribution in [2.45, 2.75) is 0 Å². The van der Waals surface area contributed by atoms with Crippen LogP contribution in [0.3, 0.4) is 0 Å². The number of rotatable bonds is 0. The Bertz CT molecular complexity index is 594. The lowest BCUT2D eigenvalue weighted by molar-refractivity contribution is 0.476. The summed E-state index contributed by atoms with van der Waals surface area (Å²) < 4.78 is 1.36. The van der Waals surface area contributed by atoms with Gasteiger partial charge in [0.2, 0.25) is 0 Å². The minimum atomic E-state index is -0.00881. The Labute approximate surface area is 79.0 Å². The van der Waals surface area contributed by atoms with Gasteiger partial charge in [0, 0.05) is 6.20 Å². The molecule has 68 valence electrons. The van der Waals surface area contributed by atoms with Gasteiger partial charge in [-0.05, 0) is 12.1 Å². The Hall–Kier alpha value is -2.35. The minimum absolute atomic E-state index is 0.00881. The molecule has 5 nitrogen and oxygen atoms in total. The van der Waals surface area contributed by atoms with E-state index in [9.17, 15) is 5.11 Å². The Morgan fingerprint density at radius 2 is 2.36 bits per heavy atom. The van der Waals surface area contributed by atoms with Crippen molar-refractivity contribution >= 4 is 5.65 Å². The van der Waals surface area contributed by atoms with Crippen LogP contribution in [0, 0.1) is 16.7 Å². The highest BCUT2D eigenvalue weighted by Crippen LogP contribution is 2.12. The van der Waals surface area contributed by atoms with Crippen molar-refractivity contribution in [1.82, 2.24) is 9.38 Å². The van der Waals surface area contributed by atoms with Crippen LogP contribution in [0.5, 0.6) is 5.75 Å². The summed E-state index contributed by atoms with van der Waals surface area (Å²) in [5.41, 5.74) is 0.470. The number of pyridine rings is 1. The molecular formula is C9H6N4O. The Balaban J connectivity index is 3.00. The molecule has 0 aliphatic carbocycles. The first-order valence-corrected chi connectivity index (χ1v) is 3.88. The molecule has 0 bridgehead atoms. The van der Waals surface area contributed by atoms with E-state index < -0.39 is 0 Å². The summed E-state index contributed by atoms with van der Waals surface area (Å²) in [6.45, 7) is 0. The predicted molar refractivity (Wildman–Crippen MR) is 47.4 cm³/mol. The monoisotopic (exact) mass is 186 g/mol. The molecule has 2 aromatic heterocycles. The first kappa shape index (κ1) is 8.26. The normalized spacial score (nSPS) is 9.93. The number of nitrogens with one attached hydrogen (secondary N) is 1. The van der Waals surface area contributed by atoms with Gasteiger partial charge in [-0.1, -0.05) is 0 Å². The van der Waals surface area contributed by atoms with Crippen LogP contribution < -0.4 is 5.49 Å². The fourth-order valence-electron chi connectivity index (χ4n) is 1.20. The molecule has 2 N–H and O–H groups in total. The van der Waals surface area contributed by atoms with Crippen LogP contribution in [-0.2, 0) is 0 Å². The number of nitrogens with zero attached hydrogens (tertiary/aromatic N) is 3. The summed E-state index contributed by atoms with van der Waals surface area (Å²) in [7, 11) is 0. The van der Waals surface area contributed by atoms with Gasteiger partial charge in [-0.15, -0.1) is 0 Å². The molecule has 0 spiro atoms. The maximum Gasteiger partial charge on any atom is 0.181 e. The molecule has 2 aromatic rings. The molecule has 2 rings (SSSR count). The molecule has 0 saturated heterocycles. The van der Waals surface area contributed by atoms with E-state index in [1.54, 1.807) is 12.3 Å². The molecular weight excluding hydrogens is 180 g/mol. The van der Waals surface area contributed by atoms with Gasteiger partial charge in [0.1, 0.15) is 17.1 Å². The van der Waals surface area contributed by atoms with Crippen LogP contribution in [0.2, 0.25) is 0 Å². The zero-order valence-electron chi connectivity index (χ0n) is 7.10. The van der Waals surface area contributed by atoms with Gasteiger partial charge in [0.25, 0.3) is 0 Å². The number of nitriles is 1. The highest BCUT2D eigenvalue weighted by Gasteiger charge is 2.03. The van der Waals surface area contributed by atoms with Gasteiger partial charge in [-0.3, -0.25) is 9.81 Å². The van der Waals surface area contributed by atoms with E-state index in [4.69, 9.17) is 10.7 Å². The van der Waals surface area contributed by atoms with Crippen LogP contribution in [-0.4, -0.2) is 14.5 Å². The number of aromatic nitrogens is 2. The van der Waals surface area contributed by atoms with Crippen LogP contribution in [0.4, 0.5) is 0 Å². The number of hydrogen-bond acceptors (Lipinski definition) is 4. The van der Waals surface area contributed by atoms with E-state index in [2.05, 4.69) is 4.98 Å². The topological polar surface area (TPSA) is 85.2 Å². The van der Waals surface area contributed by atoms with Crippen molar-refractivity contribution in [2.24, 2.45) is 0 Å². The van der Waals surface area contributed by atoms with Crippen molar-refractivity contribution in [3.8, 4) is 11.8 Å². The Morgan fingerprint density at radius 3 is 3.07 bits per heavy atom. The van der Waals surface area contributed by atoms with Crippen LogP contribution in [0.1, 0.15) is 5.56 Å². The van der Waals surface area contributed by atoms with Crippen molar-refractivity contribution in [1.29, 1.82) is 10.7 Å². The molecule has 0 amide bonds. The van der Waals surface area contributed by atoms with Gasteiger partial charge in [0.15, 0.2) is 11.4 Å². The molecule has 0 saturated carbocycles. The summed E-state index contributed by atoms with van der Waals surface area (Å²) in [5.74, 6) is -0.00881. The SMILES string of the molecule is N#Cc1cnc2c(O)cccn2c1=N. The van der Waals surface area contributed by atoms with E-state index in [0.717, 1.165) is 0 Å². The van der Waals surface area contributed by atoms with E-state index >= 15 is 0 Å². The lowest BCUT2D eigenvalue weighted by Gasteiger charge is -2.02. The molecule has 0 fully saturated rings. The second-order valence-electron chi connectivity index (χ2n) is 2.72. The zero-order chi connectivity index (χ0) is 10.1.